The SMILES string of the molecule is NC1CCCCCC1C(=O)N[C@@H](CO)Cc1ccccc1. The summed E-state index contributed by atoms with van der Waals surface area (Å²) in [7, 11) is 0. The van der Waals surface area contributed by atoms with Crippen LogP contribution in [0.25, 0.3) is 0 Å². The molecule has 0 bridgehead atoms. The number of carbonyl (C=O) groups excluding carboxylic acids is 1. The van der Waals surface area contributed by atoms with E-state index in [0.29, 0.717) is 6.42 Å². The van der Waals surface area contributed by atoms with Crippen molar-refractivity contribution in [3.05, 3.63) is 35.9 Å². The largest absolute Gasteiger partial charge is 0.394 e. The molecule has 1 aliphatic rings. The molecule has 2 unspecified atom stereocenters. The molecular weight excluding hydrogens is 264 g/mol. The number of aliphatic hydroxyl groups excluding tert-OH is 1. The minimum atomic E-state index is -0.240. The highest BCUT2D eigenvalue weighted by Gasteiger charge is 2.28. The normalized spacial score (nSPS) is 24.1. The Hall–Kier alpha value is -1.39. The molecule has 0 heterocycles. The van der Waals surface area contributed by atoms with Gasteiger partial charge in [0.05, 0.1) is 18.6 Å². The van der Waals surface area contributed by atoms with Crippen LogP contribution in [0, 0.1) is 5.92 Å². The molecule has 1 aliphatic carbocycles. The standard InChI is InChI=1S/C17H26N2O2/c18-16-10-6-2-5-9-15(16)17(21)19-14(12-20)11-13-7-3-1-4-8-13/h1,3-4,7-8,14-16,20H,2,5-6,9-12,18H2,(H,19,21)/t14-,15?,16?/m1/s1. The molecule has 4 nitrogen and oxygen atoms in total. The van der Waals surface area contributed by atoms with E-state index in [0.717, 1.165) is 37.7 Å². The molecule has 1 fully saturated rings. The van der Waals surface area contributed by atoms with Crippen LogP contribution in [0.4, 0.5) is 0 Å². The van der Waals surface area contributed by atoms with Gasteiger partial charge >= 0.3 is 0 Å². The van der Waals surface area contributed by atoms with E-state index in [1.165, 1.54) is 0 Å². The van der Waals surface area contributed by atoms with Gasteiger partial charge in [0.25, 0.3) is 0 Å². The number of rotatable bonds is 5. The average molecular weight is 290 g/mol. The third-order valence-electron chi connectivity index (χ3n) is 4.30. The Morgan fingerprint density at radius 1 is 1.24 bits per heavy atom. The van der Waals surface area contributed by atoms with Gasteiger partial charge in [0, 0.05) is 6.04 Å². The third-order valence-corrected chi connectivity index (χ3v) is 4.30. The Balaban J connectivity index is 1.92. The quantitative estimate of drug-likeness (QED) is 0.721. The molecule has 4 N–H and O–H groups in total. The monoisotopic (exact) mass is 290 g/mol. The molecule has 116 valence electrons. The molecule has 0 aliphatic heterocycles. The molecule has 1 amide bonds. The van der Waals surface area contributed by atoms with E-state index in [2.05, 4.69) is 5.32 Å². The Morgan fingerprint density at radius 2 is 1.95 bits per heavy atom. The van der Waals surface area contributed by atoms with E-state index in [1.54, 1.807) is 0 Å². The first-order valence-corrected chi connectivity index (χ1v) is 7.91. The van der Waals surface area contributed by atoms with Crippen molar-refractivity contribution in [2.24, 2.45) is 11.7 Å². The van der Waals surface area contributed by atoms with E-state index >= 15 is 0 Å². The summed E-state index contributed by atoms with van der Waals surface area (Å²) in [5.74, 6) is -0.114. The summed E-state index contributed by atoms with van der Waals surface area (Å²) in [5.41, 5.74) is 7.24. The van der Waals surface area contributed by atoms with Gasteiger partial charge in [-0.2, -0.15) is 0 Å². The number of nitrogens with two attached hydrogens (primary N) is 1. The van der Waals surface area contributed by atoms with Crippen molar-refractivity contribution in [3.63, 3.8) is 0 Å². The lowest BCUT2D eigenvalue weighted by Crippen LogP contribution is -2.47. The van der Waals surface area contributed by atoms with Crippen LogP contribution in [0.15, 0.2) is 30.3 Å². The smallest absolute Gasteiger partial charge is 0.224 e. The number of aliphatic hydroxyl groups is 1. The molecule has 0 radical (unpaired) electrons. The van der Waals surface area contributed by atoms with Crippen molar-refractivity contribution in [1.29, 1.82) is 0 Å². The Morgan fingerprint density at radius 3 is 2.67 bits per heavy atom. The van der Waals surface area contributed by atoms with Gasteiger partial charge in [-0.15, -0.1) is 0 Å². The molecule has 1 aromatic carbocycles. The lowest BCUT2D eigenvalue weighted by atomic mass is 9.94. The lowest BCUT2D eigenvalue weighted by Gasteiger charge is -2.24. The summed E-state index contributed by atoms with van der Waals surface area (Å²) >= 11 is 0. The molecule has 3 atom stereocenters. The van der Waals surface area contributed by atoms with Gasteiger partial charge in [-0.25, -0.2) is 0 Å². The minimum Gasteiger partial charge on any atom is -0.394 e. The topological polar surface area (TPSA) is 75.4 Å². The zero-order valence-corrected chi connectivity index (χ0v) is 12.5. The molecule has 21 heavy (non-hydrogen) atoms. The van der Waals surface area contributed by atoms with Crippen molar-refractivity contribution < 1.29 is 9.90 Å². The highest BCUT2D eigenvalue weighted by molar-refractivity contribution is 5.79. The first-order chi connectivity index (χ1) is 10.2. The van der Waals surface area contributed by atoms with Gasteiger partial charge in [-0.3, -0.25) is 4.79 Å². The van der Waals surface area contributed by atoms with Crippen LogP contribution in [0.2, 0.25) is 0 Å². The maximum absolute atomic E-state index is 12.4. The van der Waals surface area contributed by atoms with Crippen LogP contribution in [0.3, 0.4) is 0 Å². The van der Waals surface area contributed by atoms with Crippen LogP contribution >= 0.6 is 0 Å². The van der Waals surface area contributed by atoms with Crippen molar-refractivity contribution in [1.82, 2.24) is 5.32 Å². The summed E-state index contributed by atoms with van der Waals surface area (Å²) in [5, 5.41) is 12.5. The van der Waals surface area contributed by atoms with Gasteiger partial charge in [0.1, 0.15) is 0 Å². The van der Waals surface area contributed by atoms with Crippen molar-refractivity contribution in [2.45, 2.75) is 50.6 Å². The maximum atomic E-state index is 12.4. The minimum absolute atomic E-state index is 0.000573. The zero-order valence-electron chi connectivity index (χ0n) is 12.5. The Labute approximate surface area is 126 Å². The second-order valence-electron chi connectivity index (χ2n) is 5.99. The highest BCUT2D eigenvalue weighted by atomic mass is 16.3. The summed E-state index contributed by atoms with van der Waals surface area (Å²) in [6, 6.07) is 9.61. The predicted molar refractivity (Wildman–Crippen MR) is 83.7 cm³/mol. The summed E-state index contributed by atoms with van der Waals surface area (Å²) in [6.07, 6.45) is 5.75. The van der Waals surface area contributed by atoms with Gasteiger partial charge in [-0.05, 0) is 24.8 Å². The molecule has 0 saturated heterocycles. The fraction of sp³-hybridized carbons (Fsp3) is 0.588. The molecule has 4 heteroatoms. The van der Waals surface area contributed by atoms with Gasteiger partial charge < -0.3 is 16.2 Å². The second-order valence-corrected chi connectivity index (χ2v) is 5.99. The van der Waals surface area contributed by atoms with E-state index < -0.39 is 0 Å². The fourth-order valence-electron chi connectivity index (χ4n) is 3.03. The molecule has 1 saturated carbocycles. The summed E-state index contributed by atoms with van der Waals surface area (Å²) < 4.78 is 0. The average Bonchev–Trinajstić information content (AvgIpc) is 2.72. The van der Waals surface area contributed by atoms with Gasteiger partial charge in [0.15, 0.2) is 0 Å². The van der Waals surface area contributed by atoms with E-state index in [4.69, 9.17) is 5.73 Å². The molecule has 1 aromatic rings. The number of nitrogens with one attached hydrogen (secondary N) is 1. The lowest BCUT2D eigenvalue weighted by molar-refractivity contribution is -0.126. The molecule has 0 spiro atoms. The molecular formula is C17H26N2O2. The maximum Gasteiger partial charge on any atom is 0.224 e. The number of hydrogen-bond acceptors (Lipinski definition) is 3. The highest BCUT2D eigenvalue weighted by Crippen LogP contribution is 2.22. The van der Waals surface area contributed by atoms with Crippen molar-refractivity contribution in [2.75, 3.05) is 6.61 Å². The first kappa shape index (κ1) is 16.0. The number of benzene rings is 1. The van der Waals surface area contributed by atoms with Crippen molar-refractivity contribution >= 4 is 5.91 Å². The third kappa shape index (κ3) is 4.83. The Bertz CT molecular complexity index is 436. The van der Waals surface area contributed by atoms with Crippen LogP contribution in [-0.4, -0.2) is 29.7 Å². The number of carbonyl (C=O) groups is 1. The molecule has 0 aromatic heterocycles. The van der Waals surface area contributed by atoms with Gasteiger partial charge in [0.2, 0.25) is 5.91 Å². The van der Waals surface area contributed by atoms with E-state index in [9.17, 15) is 9.90 Å². The Kier molecular flexibility index (Phi) is 6.21. The first-order valence-electron chi connectivity index (χ1n) is 7.91. The van der Waals surface area contributed by atoms with Crippen molar-refractivity contribution in [3.8, 4) is 0 Å². The fourth-order valence-corrected chi connectivity index (χ4v) is 3.03. The van der Waals surface area contributed by atoms with E-state index in [1.807, 2.05) is 30.3 Å². The number of amides is 1. The molecule has 2 rings (SSSR count). The number of hydrogen-bond donors (Lipinski definition) is 3. The van der Waals surface area contributed by atoms with Crippen LogP contribution in [0.1, 0.15) is 37.7 Å². The predicted octanol–water partition coefficient (Wildman–Crippen LogP) is 1.61. The summed E-state index contributed by atoms with van der Waals surface area (Å²) in [6.45, 7) is -0.0530. The van der Waals surface area contributed by atoms with Crippen LogP contribution in [0.5, 0.6) is 0 Å². The summed E-state index contributed by atoms with van der Waals surface area (Å²) in [4.78, 5) is 12.4. The van der Waals surface area contributed by atoms with E-state index in [-0.39, 0.29) is 30.5 Å². The second kappa shape index (κ2) is 8.15. The van der Waals surface area contributed by atoms with Crippen LogP contribution < -0.4 is 11.1 Å². The van der Waals surface area contributed by atoms with Gasteiger partial charge in [-0.1, -0.05) is 49.6 Å². The van der Waals surface area contributed by atoms with Crippen LogP contribution in [-0.2, 0) is 11.2 Å². The zero-order chi connectivity index (χ0) is 15.1.